The van der Waals surface area contributed by atoms with Crippen LogP contribution < -0.4 is 30.4 Å². The van der Waals surface area contributed by atoms with Gasteiger partial charge in [0.2, 0.25) is 0 Å². The molecule has 1 aliphatic carbocycles. The first-order valence-corrected chi connectivity index (χ1v) is 19.6. The molecule has 16 heteroatoms. The van der Waals surface area contributed by atoms with Crippen LogP contribution in [0.4, 0.5) is 31.5 Å². The molecule has 0 saturated heterocycles. The summed E-state index contributed by atoms with van der Waals surface area (Å²) in [4.78, 5) is 29.2. The number of aryl methyl sites for hydroxylation is 2. The monoisotopic (exact) mass is 796 g/mol. The van der Waals surface area contributed by atoms with Gasteiger partial charge in [0.15, 0.2) is 23.1 Å². The third-order valence-corrected chi connectivity index (χ3v) is 11.5. The summed E-state index contributed by atoms with van der Waals surface area (Å²) in [6, 6.07) is 23.3. The summed E-state index contributed by atoms with van der Waals surface area (Å²) >= 11 is 0. The molecule has 6 N–H and O–H groups in total. The normalized spacial score (nSPS) is 12.4. The van der Waals surface area contributed by atoms with Crippen LogP contribution in [0.5, 0.6) is 23.0 Å². The average molecular weight is 797 g/mol. The number of halogens is 2. The number of benzene rings is 6. The minimum absolute atomic E-state index is 0.0783. The predicted octanol–water partition coefficient (Wildman–Crippen LogP) is 7.71. The number of rotatable bonds is 10. The van der Waals surface area contributed by atoms with Gasteiger partial charge in [-0.1, -0.05) is 47.5 Å². The fraction of sp³-hybridized carbons (Fsp3) is 0.0500. The second kappa shape index (κ2) is 14.1. The highest BCUT2D eigenvalue weighted by molar-refractivity contribution is 7.93. The number of nitrogens with two attached hydrogens (primary N) is 2. The van der Waals surface area contributed by atoms with Crippen molar-refractivity contribution in [3.8, 4) is 23.0 Å². The SMILES string of the molecule is Cc1ccc(S(=O)(=O)Nc2cc(Oc3cccc(F)c3)c(N)c3c2C(=O)c2c(NS(=O)(=O)c4ccc(C)cc4)c(Oc4cccc(F)c4)cc(N)c2C3=O)cc1. The lowest BCUT2D eigenvalue weighted by Gasteiger charge is -2.27. The van der Waals surface area contributed by atoms with Crippen LogP contribution in [0.3, 0.4) is 0 Å². The maximum absolute atomic E-state index is 15.0. The number of nitrogen functional groups attached to an aromatic ring is 2. The third-order valence-electron chi connectivity index (χ3n) is 8.75. The zero-order valence-corrected chi connectivity index (χ0v) is 31.0. The Balaban J connectivity index is 1.47. The summed E-state index contributed by atoms with van der Waals surface area (Å²) in [5.41, 5.74) is 10.3. The van der Waals surface area contributed by atoms with Crippen LogP contribution in [-0.4, -0.2) is 28.4 Å². The van der Waals surface area contributed by atoms with E-state index in [1.165, 1.54) is 48.5 Å². The van der Waals surface area contributed by atoms with Crippen molar-refractivity contribution in [2.24, 2.45) is 0 Å². The van der Waals surface area contributed by atoms with Crippen molar-refractivity contribution >= 4 is 54.4 Å². The number of hydrogen-bond donors (Lipinski definition) is 4. The van der Waals surface area contributed by atoms with Gasteiger partial charge in [-0.25, -0.2) is 25.6 Å². The van der Waals surface area contributed by atoms with E-state index in [1.54, 1.807) is 38.1 Å². The molecule has 0 spiro atoms. The molecule has 0 aliphatic heterocycles. The zero-order valence-electron chi connectivity index (χ0n) is 29.4. The molecule has 0 radical (unpaired) electrons. The van der Waals surface area contributed by atoms with Gasteiger partial charge in [-0.15, -0.1) is 0 Å². The Kier molecular flexibility index (Phi) is 9.47. The molecule has 6 aromatic carbocycles. The lowest BCUT2D eigenvalue weighted by molar-refractivity contribution is 0.0981. The lowest BCUT2D eigenvalue weighted by Crippen LogP contribution is -2.28. The average Bonchev–Trinajstić information content (AvgIpc) is 3.13. The second-order valence-corrected chi connectivity index (χ2v) is 16.2. The fourth-order valence-corrected chi connectivity index (χ4v) is 8.18. The van der Waals surface area contributed by atoms with Crippen LogP contribution in [0.25, 0.3) is 0 Å². The molecular formula is C40H30F2N4O8S2. The van der Waals surface area contributed by atoms with Crippen LogP contribution in [0.15, 0.2) is 119 Å². The van der Waals surface area contributed by atoms with Gasteiger partial charge in [-0.2, -0.15) is 0 Å². The van der Waals surface area contributed by atoms with Gasteiger partial charge in [-0.05, 0) is 62.4 Å². The highest BCUT2D eigenvalue weighted by Gasteiger charge is 2.41. The van der Waals surface area contributed by atoms with E-state index in [2.05, 4.69) is 9.44 Å². The molecule has 12 nitrogen and oxygen atoms in total. The van der Waals surface area contributed by atoms with E-state index in [9.17, 15) is 35.2 Å². The van der Waals surface area contributed by atoms with Crippen LogP contribution >= 0.6 is 0 Å². The van der Waals surface area contributed by atoms with Gasteiger partial charge in [0.1, 0.15) is 28.8 Å². The first kappa shape index (κ1) is 37.5. The summed E-state index contributed by atoms with van der Waals surface area (Å²) in [5, 5.41) is 0. The minimum Gasteiger partial charge on any atom is -0.455 e. The number of nitrogens with one attached hydrogen (secondary N) is 2. The number of anilines is 4. The standard InChI is InChI=1S/C40H30F2N4O8S2/c1-21-9-13-27(14-10-21)55(49,50)45-30-20-31(53-25-7-3-5-23(41)17-25)37(44)35-34(30)40(48)36-33(39(35)47)29(43)19-32(54-26-8-4-6-24(42)18-26)38(36)46-56(51,52)28-15-11-22(2)12-16-28/h3-20,45-46H,43-44H2,1-2H3. The third kappa shape index (κ3) is 7.10. The van der Waals surface area contributed by atoms with Gasteiger partial charge >= 0.3 is 0 Å². The van der Waals surface area contributed by atoms with Crippen molar-refractivity contribution in [2.45, 2.75) is 23.6 Å². The van der Waals surface area contributed by atoms with Crippen molar-refractivity contribution in [3.05, 3.63) is 154 Å². The Morgan fingerprint density at radius 1 is 0.554 bits per heavy atom. The molecule has 0 amide bonds. The summed E-state index contributed by atoms with van der Waals surface area (Å²) in [5.74, 6) is -4.41. The van der Waals surface area contributed by atoms with Gasteiger partial charge in [0.25, 0.3) is 20.0 Å². The van der Waals surface area contributed by atoms with Crippen molar-refractivity contribution in [3.63, 3.8) is 0 Å². The largest absolute Gasteiger partial charge is 0.455 e. The molecule has 0 atom stereocenters. The maximum atomic E-state index is 15.0. The van der Waals surface area contributed by atoms with E-state index < -0.39 is 88.3 Å². The number of hydrogen-bond acceptors (Lipinski definition) is 10. The van der Waals surface area contributed by atoms with E-state index in [-0.39, 0.29) is 32.7 Å². The number of ketones is 2. The summed E-state index contributed by atoms with van der Waals surface area (Å²) < 4.78 is 100. The van der Waals surface area contributed by atoms with Gasteiger partial charge < -0.3 is 20.9 Å². The number of sulfonamides is 2. The van der Waals surface area contributed by atoms with Crippen molar-refractivity contribution < 1.29 is 44.7 Å². The van der Waals surface area contributed by atoms with Crippen LogP contribution in [0, 0.1) is 25.5 Å². The molecule has 56 heavy (non-hydrogen) atoms. The summed E-state index contributed by atoms with van der Waals surface area (Å²) in [7, 11) is -9.04. The quantitative estimate of drug-likeness (QED) is 0.0995. The Morgan fingerprint density at radius 3 is 1.55 bits per heavy atom. The van der Waals surface area contributed by atoms with Gasteiger partial charge in [0.05, 0.1) is 43.4 Å². The van der Waals surface area contributed by atoms with Crippen LogP contribution in [-0.2, 0) is 20.0 Å². The van der Waals surface area contributed by atoms with Crippen LogP contribution in [0.1, 0.15) is 43.0 Å². The van der Waals surface area contributed by atoms with Crippen molar-refractivity contribution in [2.75, 3.05) is 20.9 Å². The van der Waals surface area contributed by atoms with E-state index in [1.807, 2.05) is 0 Å². The predicted molar refractivity (Wildman–Crippen MR) is 205 cm³/mol. The van der Waals surface area contributed by atoms with Gasteiger partial charge in [0, 0.05) is 30.0 Å². The van der Waals surface area contributed by atoms with Gasteiger partial charge in [-0.3, -0.25) is 19.0 Å². The molecule has 1 aliphatic rings. The molecule has 6 aromatic rings. The molecular weight excluding hydrogens is 767 g/mol. The summed E-state index contributed by atoms with van der Waals surface area (Å²) in [6.07, 6.45) is 0. The second-order valence-electron chi connectivity index (χ2n) is 12.8. The van der Waals surface area contributed by atoms with E-state index in [0.29, 0.717) is 0 Å². The molecule has 0 heterocycles. The maximum Gasteiger partial charge on any atom is 0.262 e. The Hall–Kier alpha value is -6.78. The number of fused-ring (bicyclic) bond motifs is 2. The Labute approximate surface area is 319 Å². The lowest BCUT2D eigenvalue weighted by atomic mass is 9.80. The first-order chi connectivity index (χ1) is 26.5. The van der Waals surface area contributed by atoms with Crippen molar-refractivity contribution in [1.29, 1.82) is 0 Å². The smallest absolute Gasteiger partial charge is 0.262 e. The van der Waals surface area contributed by atoms with Crippen LogP contribution in [0.2, 0.25) is 0 Å². The fourth-order valence-electron chi connectivity index (χ4n) is 6.04. The number of carbonyl (C=O) groups is 2. The molecule has 0 unspecified atom stereocenters. The topological polar surface area (TPSA) is 197 Å². The van der Waals surface area contributed by atoms with E-state index >= 15 is 0 Å². The Bertz CT molecular complexity index is 2830. The number of ether oxygens (including phenoxy) is 2. The summed E-state index contributed by atoms with van der Waals surface area (Å²) in [6.45, 7) is 3.50. The molecule has 0 bridgehead atoms. The minimum atomic E-state index is -4.54. The van der Waals surface area contributed by atoms with E-state index in [4.69, 9.17) is 20.9 Å². The molecule has 0 aromatic heterocycles. The highest BCUT2D eigenvalue weighted by atomic mass is 32.2. The molecule has 0 saturated carbocycles. The molecule has 7 rings (SSSR count). The molecule has 0 fully saturated rings. The van der Waals surface area contributed by atoms with Crippen molar-refractivity contribution in [1.82, 2.24) is 0 Å². The van der Waals surface area contributed by atoms with E-state index in [0.717, 1.165) is 47.5 Å². The highest BCUT2D eigenvalue weighted by Crippen LogP contribution is 2.48. The first-order valence-electron chi connectivity index (χ1n) is 16.6. The molecule has 284 valence electrons. The number of carbonyl (C=O) groups excluding carboxylic acids is 2. The zero-order chi connectivity index (χ0) is 40.1. The Morgan fingerprint density at radius 2 is 1.04 bits per heavy atom.